The Kier molecular flexibility index (Phi) is 5.88. The molecule has 0 saturated heterocycles. The van der Waals surface area contributed by atoms with Crippen molar-refractivity contribution in [1.82, 2.24) is 0 Å². The number of aryl methyl sites for hydroxylation is 2. The average Bonchev–Trinajstić information content (AvgIpc) is 2.80. The maximum absolute atomic E-state index is 13.0. The second-order valence-corrected chi connectivity index (χ2v) is 9.38. The number of ether oxygens (including phenoxy) is 1. The first-order valence-corrected chi connectivity index (χ1v) is 11.5. The number of halogens is 6. The van der Waals surface area contributed by atoms with Gasteiger partial charge in [-0.25, -0.2) is 4.79 Å². The summed E-state index contributed by atoms with van der Waals surface area (Å²) in [6.45, 7) is 5.63. The van der Waals surface area contributed by atoms with Gasteiger partial charge in [-0.05, 0) is 65.9 Å². The van der Waals surface area contributed by atoms with Crippen LogP contribution in [0.5, 0.6) is 0 Å². The van der Waals surface area contributed by atoms with Gasteiger partial charge < -0.3 is 14.5 Å². The topological polar surface area (TPSA) is 32.8 Å². The van der Waals surface area contributed by atoms with Gasteiger partial charge in [0.15, 0.2) is 0 Å². The third-order valence-electron chi connectivity index (χ3n) is 6.66. The number of nitrogens with zero attached hydrogens (tertiary/aromatic N) is 2. The Morgan fingerprint density at radius 1 is 0.838 bits per heavy atom. The van der Waals surface area contributed by atoms with Crippen LogP contribution in [0.2, 0.25) is 0 Å². The van der Waals surface area contributed by atoms with E-state index in [1.807, 2.05) is 25.1 Å². The largest absolute Gasteiger partial charge is 0.439 e. The maximum atomic E-state index is 13.0. The highest BCUT2D eigenvalue weighted by Gasteiger charge is 2.60. The molecule has 10 heteroatoms. The van der Waals surface area contributed by atoms with Gasteiger partial charge >= 0.3 is 18.3 Å². The van der Waals surface area contributed by atoms with Crippen molar-refractivity contribution in [2.45, 2.75) is 45.4 Å². The molecule has 0 unspecified atom stereocenters. The summed E-state index contributed by atoms with van der Waals surface area (Å²) in [4.78, 5) is 17.1. The number of esters is 1. The summed E-state index contributed by atoms with van der Waals surface area (Å²) in [5.41, 5.74) is 6.28. The molecule has 0 fully saturated rings. The lowest BCUT2D eigenvalue weighted by molar-refractivity contribution is -0.307. The van der Waals surface area contributed by atoms with Crippen LogP contribution in [0, 0.1) is 13.8 Å². The van der Waals surface area contributed by atoms with E-state index in [9.17, 15) is 31.1 Å². The van der Waals surface area contributed by atoms with Crippen LogP contribution in [0.3, 0.4) is 0 Å². The number of anilines is 2. The van der Waals surface area contributed by atoms with Crippen molar-refractivity contribution in [3.8, 4) is 11.1 Å². The number of carbonyl (C=O) groups excluding carboxylic acids is 1. The molecular weight excluding hydrogens is 498 g/mol. The number of carbonyl (C=O) groups is 1. The number of hydrogen-bond donors (Lipinski definition) is 0. The highest BCUT2D eigenvalue weighted by molar-refractivity contribution is 5.98. The van der Waals surface area contributed by atoms with Crippen molar-refractivity contribution in [2.75, 3.05) is 16.5 Å². The van der Waals surface area contributed by atoms with E-state index in [2.05, 4.69) is 26.7 Å². The van der Waals surface area contributed by atoms with Gasteiger partial charge in [0.05, 0.1) is 12.2 Å². The van der Waals surface area contributed by atoms with E-state index in [-0.39, 0.29) is 11.1 Å². The van der Waals surface area contributed by atoms with Gasteiger partial charge in [0.25, 0.3) is 6.10 Å². The van der Waals surface area contributed by atoms with E-state index >= 15 is 0 Å². The molecule has 0 saturated carbocycles. The number of benzene rings is 3. The van der Waals surface area contributed by atoms with Gasteiger partial charge in [-0.15, -0.1) is 0 Å². The standard InChI is InChI=1S/C27H22F6N2O2/c1-15-6-8-21-18(10-15)12-34-14-35(21)13-19-11-17(7-9-22(19)34)23-16(2)4-3-5-20(23)24(36)37-25(26(28,29)30)27(31,32)33/h3-11,25H,12-14H2,1-2H3. The fourth-order valence-electron chi connectivity index (χ4n) is 5.08. The average molecular weight is 520 g/mol. The summed E-state index contributed by atoms with van der Waals surface area (Å²) in [7, 11) is 0. The van der Waals surface area contributed by atoms with Gasteiger partial charge in [-0.1, -0.05) is 35.9 Å². The second kappa shape index (κ2) is 8.71. The first kappa shape index (κ1) is 25.0. The summed E-state index contributed by atoms with van der Waals surface area (Å²) < 4.78 is 82.1. The molecule has 3 aromatic rings. The van der Waals surface area contributed by atoms with E-state index in [0.29, 0.717) is 30.9 Å². The zero-order valence-electron chi connectivity index (χ0n) is 19.9. The molecule has 2 aliphatic rings. The Bertz CT molecular complexity index is 1370. The molecule has 2 bridgehead atoms. The van der Waals surface area contributed by atoms with Gasteiger partial charge in [0.2, 0.25) is 0 Å². The summed E-state index contributed by atoms with van der Waals surface area (Å²) >= 11 is 0. The fourth-order valence-corrected chi connectivity index (χ4v) is 5.08. The summed E-state index contributed by atoms with van der Waals surface area (Å²) in [6, 6.07) is 15.9. The van der Waals surface area contributed by atoms with E-state index < -0.39 is 24.4 Å². The number of hydrogen-bond acceptors (Lipinski definition) is 4. The zero-order chi connectivity index (χ0) is 26.7. The van der Waals surface area contributed by atoms with E-state index in [4.69, 9.17) is 0 Å². The van der Waals surface area contributed by atoms with Crippen molar-refractivity contribution in [3.05, 3.63) is 82.4 Å². The SMILES string of the molecule is Cc1ccc2c(c1)CN1CN2Cc2cc(-c3c(C)cccc3C(=O)OC(C(F)(F)F)C(F)(F)F)ccc21. The third-order valence-corrected chi connectivity index (χ3v) is 6.66. The van der Waals surface area contributed by atoms with Crippen LogP contribution >= 0.6 is 0 Å². The lowest BCUT2D eigenvalue weighted by Gasteiger charge is -2.45. The first-order chi connectivity index (χ1) is 17.3. The highest BCUT2D eigenvalue weighted by atomic mass is 19.4. The molecule has 3 aromatic carbocycles. The lowest BCUT2D eigenvalue weighted by atomic mass is 9.92. The second-order valence-electron chi connectivity index (χ2n) is 9.38. The van der Waals surface area contributed by atoms with Gasteiger partial charge in [-0.3, -0.25) is 0 Å². The third kappa shape index (κ3) is 4.60. The number of alkyl halides is 6. The zero-order valence-corrected chi connectivity index (χ0v) is 19.9. The van der Waals surface area contributed by atoms with Gasteiger partial charge in [-0.2, -0.15) is 26.3 Å². The van der Waals surface area contributed by atoms with Crippen LogP contribution in [-0.2, 0) is 17.8 Å². The summed E-state index contributed by atoms with van der Waals surface area (Å²) in [6.07, 6.45) is -15.8. The number of fused-ring (bicyclic) bond motifs is 6. The minimum Gasteiger partial charge on any atom is -0.439 e. The highest BCUT2D eigenvalue weighted by Crippen LogP contribution is 2.41. The minimum atomic E-state index is -5.79. The minimum absolute atomic E-state index is 0.232. The Morgan fingerprint density at radius 3 is 2.05 bits per heavy atom. The Balaban J connectivity index is 1.51. The molecule has 0 N–H and O–H groups in total. The molecule has 0 aliphatic carbocycles. The molecule has 4 nitrogen and oxygen atoms in total. The quantitative estimate of drug-likeness (QED) is 0.277. The van der Waals surface area contributed by atoms with Crippen LogP contribution in [0.15, 0.2) is 54.6 Å². The molecule has 2 aliphatic heterocycles. The fraction of sp³-hybridized carbons (Fsp3) is 0.296. The predicted molar refractivity (Wildman–Crippen MR) is 126 cm³/mol. The van der Waals surface area contributed by atoms with E-state index in [1.54, 1.807) is 19.1 Å². The Hall–Kier alpha value is -3.69. The molecule has 0 spiro atoms. The first-order valence-electron chi connectivity index (χ1n) is 11.5. The van der Waals surface area contributed by atoms with Crippen LogP contribution in [0.4, 0.5) is 37.7 Å². The molecule has 0 radical (unpaired) electrons. The molecule has 37 heavy (non-hydrogen) atoms. The lowest BCUT2D eigenvalue weighted by Crippen LogP contribution is -2.46. The Labute approximate surface area is 209 Å². The Morgan fingerprint density at radius 2 is 1.43 bits per heavy atom. The van der Waals surface area contributed by atoms with Crippen LogP contribution in [-0.4, -0.2) is 31.1 Å². The predicted octanol–water partition coefficient (Wildman–Crippen LogP) is 6.92. The molecule has 5 rings (SSSR count). The van der Waals surface area contributed by atoms with E-state index in [0.717, 1.165) is 22.5 Å². The molecular formula is C27H22F6N2O2. The summed E-state index contributed by atoms with van der Waals surface area (Å²) in [5.74, 6) is -1.69. The van der Waals surface area contributed by atoms with Gasteiger partial charge in [0.1, 0.15) is 0 Å². The smallest absolute Gasteiger partial charge is 0.434 e. The van der Waals surface area contributed by atoms with Crippen molar-refractivity contribution < 1.29 is 35.9 Å². The van der Waals surface area contributed by atoms with Crippen LogP contribution in [0.25, 0.3) is 11.1 Å². The molecule has 0 amide bonds. The van der Waals surface area contributed by atoms with Crippen LogP contribution < -0.4 is 9.80 Å². The van der Waals surface area contributed by atoms with Crippen molar-refractivity contribution >= 4 is 17.3 Å². The summed E-state index contributed by atoms with van der Waals surface area (Å²) in [5, 5.41) is 0. The van der Waals surface area contributed by atoms with Crippen LogP contribution in [0.1, 0.15) is 32.6 Å². The molecule has 0 atom stereocenters. The molecule has 2 heterocycles. The van der Waals surface area contributed by atoms with Gasteiger partial charge in [0, 0.05) is 24.5 Å². The van der Waals surface area contributed by atoms with E-state index in [1.165, 1.54) is 17.7 Å². The monoisotopic (exact) mass is 520 g/mol. The molecule has 194 valence electrons. The number of rotatable bonds is 3. The van der Waals surface area contributed by atoms with Crippen molar-refractivity contribution in [1.29, 1.82) is 0 Å². The van der Waals surface area contributed by atoms with Crippen molar-refractivity contribution in [2.24, 2.45) is 0 Å². The normalized spacial score (nSPS) is 14.9. The molecule has 0 aromatic heterocycles. The maximum Gasteiger partial charge on any atom is 0.434 e. The van der Waals surface area contributed by atoms with Crippen molar-refractivity contribution in [3.63, 3.8) is 0 Å².